The number of aryl methyl sites for hydroxylation is 1. The smallest absolute Gasteiger partial charge is 0.365 e. The highest BCUT2D eigenvalue weighted by molar-refractivity contribution is 5.77. The molecule has 2 fully saturated rings. The largest absolute Gasteiger partial charge is 0.416 e. The van der Waals surface area contributed by atoms with Crippen LogP contribution in [0.5, 0.6) is 0 Å². The molecule has 1 N–H and O–H groups in total. The third-order valence-electron chi connectivity index (χ3n) is 7.01. The maximum atomic E-state index is 14.1. The van der Waals surface area contributed by atoms with Crippen LogP contribution in [0, 0.1) is 12.8 Å². The molecule has 2 amide bonds. The average Bonchev–Trinajstić information content (AvgIpc) is 3.54. The van der Waals surface area contributed by atoms with Gasteiger partial charge in [-0.25, -0.2) is 9.78 Å². The van der Waals surface area contributed by atoms with Crippen LogP contribution in [0.3, 0.4) is 0 Å². The predicted molar refractivity (Wildman–Crippen MR) is 131 cm³/mol. The van der Waals surface area contributed by atoms with Gasteiger partial charge in [-0.3, -0.25) is 0 Å². The Bertz CT molecular complexity index is 1030. The van der Waals surface area contributed by atoms with Crippen molar-refractivity contribution in [2.24, 2.45) is 5.92 Å². The number of hydrogen-bond acceptors (Lipinski definition) is 3. The van der Waals surface area contributed by atoms with Crippen molar-refractivity contribution >= 4 is 11.8 Å². The summed E-state index contributed by atoms with van der Waals surface area (Å²) in [6.45, 7) is 9.63. The molecule has 3 atom stereocenters. The first-order chi connectivity index (χ1) is 16.5. The number of carbonyl (C=O) groups is 1. The zero-order chi connectivity index (χ0) is 25.5. The lowest BCUT2D eigenvalue weighted by Crippen LogP contribution is -2.52. The van der Waals surface area contributed by atoms with Gasteiger partial charge >= 0.3 is 12.2 Å². The second-order valence-corrected chi connectivity index (χ2v) is 10.4. The van der Waals surface area contributed by atoms with Crippen LogP contribution in [0.2, 0.25) is 0 Å². The summed E-state index contributed by atoms with van der Waals surface area (Å²) in [6.07, 6.45) is -1.66. The van der Waals surface area contributed by atoms with Gasteiger partial charge in [0.2, 0.25) is 0 Å². The molecule has 2 aromatic rings. The van der Waals surface area contributed by atoms with Crippen LogP contribution in [0.4, 0.5) is 23.8 Å². The Morgan fingerprint density at radius 1 is 1.09 bits per heavy atom. The average molecular weight is 489 g/mol. The standard InChI is InChI=1S/C27H35F3N4O/c1-16(2)33(17(3)4)26(35)34-23(19-11-12-19)15-22(25(34)20-9-7-6-8-10-20)32-24-14-21(27(28,29)30)13-18(5)31-24/h6-10,13-14,16-17,19,22-23,25H,11-12,15H2,1-5H3,(H,31,32). The van der Waals surface area contributed by atoms with Gasteiger partial charge in [0.15, 0.2) is 0 Å². The SMILES string of the molecule is Cc1cc(C(F)(F)F)cc(NC2CC(C3CC3)N(C(=O)N(C(C)C)C(C)C)C2c2ccccc2)n1. The third kappa shape index (κ3) is 5.41. The monoisotopic (exact) mass is 488 g/mol. The summed E-state index contributed by atoms with van der Waals surface area (Å²) in [5, 5.41) is 3.31. The van der Waals surface area contributed by atoms with E-state index >= 15 is 0 Å². The molecule has 8 heteroatoms. The number of rotatable bonds is 6. The maximum absolute atomic E-state index is 14.1. The number of alkyl halides is 3. The van der Waals surface area contributed by atoms with Gasteiger partial charge in [0, 0.05) is 23.8 Å². The molecule has 5 nitrogen and oxygen atoms in total. The Kier molecular flexibility index (Phi) is 7.02. The van der Waals surface area contributed by atoms with E-state index in [1.54, 1.807) is 6.92 Å². The fourth-order valence-electron chi connectivity index (χ4n) is 5.51. The van der Waals surface area contributed by atoms with Crippen LogP contribution < -0.4 is 5.32 Å². The van der Waals surface area contributed by atoms with E-state index in [0.717, 1.165) is 30.5 Å². The van der Waals surface area contributed by atoms with Gasteiger partial charge in [-0.2, -0.15) is 13.2 Å². The van der Waals surface area contributed by atoms with E-state index in [1.807, 2.05) is 67.8 Å². The van der Waals surface area contributed by atoms with Crippen LogP contribution >= 0.6 is 0 Å². The molecule has 0 bridgehead atoms. The van der Waals surface area contributed by atoms with Crippen LogP contribution in [0.15, 0.2) is 42.5 Å². The van der Waals surface area contributed by atoms with Crippen LogP contribution in [-0.2, 0) is 6.18 Å². The molecular formula is C27H35F3N4O. The number of benzene rings is 1. The molecule has 2 heterocycles. The number of halogens is 3. The minimum Gasteiger partial charge on any atom is -0.365 e. The summed E-state index contributed by atoms with van der Waals surface area (Å²) in [4.78, 5) is 22.3. The topological polar surface area (TPSA) is 48.5 Å². The van der Waals surface area contributed by atoms with Gasteiger partial charge in [0.1, 0.15) is 5.82 Å². The molecule has 1 aliphatic heterocycles. The van der Waals surface area contributed by atoms with Gasteiger partial charge in [-0.05, 0) is 77.5 Å². The first-order valence-electron chi connectivity index (χ1n) is 12.5. The Morgan fingerprint density at radius 3 is 2.26 bits per heavy atom. The highest BCUT2D eigenvalue weighted by Gasteiger charge is 2.51. The fourth-order valence-corrected chi connectivity index (χ4v) is 5.51. The number of nitrogens with zero attached hydrogens (tertiary/aromatic N) is 3. The molecule has 2 aliphatic rings. The highest BCUT2D eigenvalue weighted by atomic mass is 19.4. The molecule has 190 valence electrons. The second-order valence-electron chi connectivity index (χ2n) is 10.4. The van der Waals surface area contributed by atoms with E-state index in [-0.39, 0.29) is 42.1 Å². The summed E-state index contributed by atoms with van der Waals surface area (Å²) >= 11 is 0. The van der Waals surface area contributed by atoms with Gasteiger partial charge in [-0.15, -0.1) is 0 Å². The number of likely N-dealkylation sites (tertiary alicyclic amines) is 1. The molecule has 3 unspecified atom stereocenters. The number of pyridine rings is 1. The van der Waals surface area contributed by atoms with Gasteiger partial charge < -0.3 is 15.1 Å². The molecule has 1 aromatic carbocycles. The van der Waals surface area contributed by atoms with Gasteiger partial charge in [0.05, 0.1) is 17.6 Å². The minimum atomic E-state index is -4.45. The molecule has 35 heavy (non-hydrogen) atoms. The molecule has 1 aromatic heterocycles. The molecule has 1 saturated heterocycles. The predicted octanol–water partition coefficient (Wildman–Crippen LogP) is 6.65. The normalized spacial score (nSPS) is 22.7. The number of anilines is 1. The van der Waals surface area contributed by atoms with Crippen LogP contribution in [0.1, 0.15) is 69.8 Å². The first-order valence-corrected chi connectivity index (χ1v) is 12.5. The zero-order valence-corrected chi connectivity index (χ0v) is 21.0. The quantitative estimate of drug-likeness (QED) is 0.495. The van der Waals surface area contributed by atoms with Crippen molar-refractivity contribution in [2.45, 2.75) is 90.3 Å². The van der Waals surface area contributed by atoms with Crippen LogP contribution in [-0.4, -0.2) is 45.0 Å². The summed E-state index contributed by atoms with van der Waals surface area (Å²) < 4.78 is 40.4. The van der Waals surface area contributed by atoms with Crippen molar-refractivity contribution in [3.8, 4) is 0 Å². The number of aromatic nitrogens is 1. The van der Waals surface area contributed by atoms with E-state index in [9.17, 15) is 18.0 Å². The number of hydrogen-bond donors (Lipinski definition) is 1. The molecule has 1 saturated carbocycles. The van der Waals surface area contributed by atoms with Crippen LogP contribution in [0.25, 0.3) is 0 Å². The maximum Gasteiger partial charge on any atom is 0.416 e. The summed E-state index contributed by atoms with van der Waals surface area (Å²) in [6, 6.07) is 11.4. The lowest BCUT2D eigenvalue weighted by Gasteiger charge is -2.40. The van der Waals surface area contributed by atoms with Gasteiger partial charge in [-0.1, -0.05) is 30.3 Å². The lowest BCUT2D eigenvalue weighted by atomic mass is 9.99. The van der Waals surface area contributed by atoms with Crippen molar-refractivity contribution in [2.75, 3.05) is 5.32 Å². The highest BCUT2D eigenvalue weighted by Crippen LogP contribution is 2.48. The number of nitrogens with one attached hydrogen (secondary N) is 1. The lowest BCUT2D eigenvalue weighted by molar-refractivity contribution is -0.137. The van der Waals surface area contributed by atoms with Crippen molar-refractivity contribution in [3.05, 3.63) is 59.3 Å². The summed E-state index contributed by atoms with van der Waals surface area (Å²) in [5.74, 6) is 0.603. The number of carbonyl (C=O) groups excluding carboxylic acids is 1. The fraction of sp³-hybridized carbons (Fsp3) is 0.556. The van der Waals surface area contributed by atoms with Crippen molar-refractivity contribution < 1.29 is 18.0 Å². The Morgan fingerprint density at radius 2 is 1.71 bits per heavy atom. The summed E-state index contributed by atoms with van der Waals surface area (Å²) in [7, 11) is 0. The van der Waals surface area contributed by atoms with E-state index in [1.165, 1.54) is 0 Å². The summed E-state index contributed by atoms with van der Waals surface area (Å²) in [5.41, 5.74) is 0.547. The van der Waals surface area contributed by atoms with Crippen molar-refractivity contribution in [1.29, 1.82) is 0 Å². The zero-order valence-electron chi connectivity index (χ0n) is 21.0. The van der Waals surface area contributed by atoms with Crippen molar-refractivity contribution in [3.63, 3.8) is 0 Å². The third-order valence-corrected chi connectivity index (χ3v) is 7.01. The first kappa shape index (κ1) is 25.3. The molecule has 4 rings (SSSR count). The number of amides is 2. The van der Waals surface area contributed by atoms with E-state index in [2.05, 4.69) is 10.3 Å². The van der Waals surface area contributed by atoms with Crippen molar-refractivity contribution in [1.82, 2.24) is 14.8 Å². The minimum absolute atomic E-state index is 0.0155. The van der Waals surface area contributed by atoms with E-state index < -0.39 is 11.7 Å². The Balaban J connectivity index is 1.75. The second kappa shape index (κ2) is 9.70. The van der Waals surface area contributed by atoms with E-state index in [0.29, 0.717) is 18.0 Å². The van der Waals surface area contributed by atoms with E-state index in [4.69, 9.17) is 0 Å². The Hall–Kier alpha value is -2.77. The molecule has 0 spiro atoms. The van der Waals surface area contributed by atoms with Gasteiger partial charge in [0.25, 0.3) is 0 Å². The molecular weight excluding hydrogens is 453 g/mol. The molecule has 0 radical (unpaired) electrons. The number of urea groups is 1. The Labute approximate surface area is 205 Å². The molecule has 1 aliphatic carbocycles.